The highest BCUT2D eigenvalue weighted by Gasteiger charge is 2.43. The number of guanidine groups is 1. The van der Waals surface area contributed by atoms with Crippen molar-refractivity contribution in [2.75, 3.05) is 47.4 Å². The summed E-state index contributed by atoms with van der Waals surface area (Å²) >= 11 is 0. The van der Waals surface area contributed by atoms with Crippen molar-refractivity contribution in [2.45, 2.75) is 38.6 Å². The summed E-state index contributed by atoms with van der Waals surface area (Å²) in [6.45, 7) is 6.13. The normalized spacial score (nSPS) is 19.6. The number of benzene rings is 1. The van der Waals surface area contributed by atoms with Crippen molar-refractivity contribution in [3.8, 4) is 5.75 Å². The Morgan fingerprint density at radius 1 is 1.26 bits per heavy atom. The van der Waals surface area contributed by atoms with Gasteiger partial charge in [0.05, 0.1) is 19.7 Å². The van der Waals surface area contributed by atoms with E-state index in [1.165, 1.54) is 37.8 Å². The van der Waals surface area contributed by atoms with Crippen LogP contribution in [0.3, 0.4) is 0 Å². The second kappa shape index (κ2) is 9.96. The number of nitrogens with zero attached hydrogens (tertiary/aromatic N) is 3. The van der Waals surface area contributed by atoms with Gasteiger partial charge in [-0.2, -0.15) is 0 Å². The maximum Gasteiger partial charge on any atom is 0.194 e. The molecule has 2 aliphatic rings. The Kier molecular flexibility index (Phi) is 8.21. The van der Waals surface area contributed by atoms with E-state index in [1.807, 2.05) is 12.1 Å². The van der Waals surface area contributed by atoms with Crippen LogP contribution in [0.15, 0.2) is 29.3 Å². The predicted molar refractivity (Wildman–Crippen MR) is 123 cm³/mol. The molecule has 3 rings (SSSR count). The fraction of sp³-hybridized carbons (Fsp3) is 0.667. The Morgan fingerprint density at radius 3 is 2.44 bits per heavy atom. The molecule has 1 saturated heterocycles. The summed E-state index contributed by atoms with van der Waals surface area (Å²) in [4.78, 5) is 9.74. The largest absolute Gasteiger partial charge is 0.497 e. The molecule has 0 bridgehead atoms. The average molecular weight is 486 g/mol. The van der Waals surface area contributed by atoms with E-state index in [0.717, 1.165) is 31.3 Å². The Bertz CT molecular complexity index is 613. The zero-order valence-electron chi connectivity index (χ0n) is 17.2. The number of aliphatic imine (C=N–C) groups is 1. The summed E-state index contributed by atoms with van der Waals surface area (Å²) in [5, 5.41) is 3.51. The summed E-state index contributed by atoms with van der Waals surface area (Å²) in [5.74, 6) is 1.97. The lowest BCUT2D eigenvalue weighted by Gasteiger charge is -2.38. The molecule has 1 N–H and O–H groups in total. The first kappa shape index (κ1) is 22.3. The van der Waals surface area contributed by atoms with Gasteiger partial charge >= 0.3 is 0 Å². The van der Waals surface area contributed by atoms with Gasteiger partial charge in [-0.1, -0.05) is 18.6 Å². The third kappa shape index (κ3) is 5.28. The van der Waals surface area contributed by atoms with Crippen molar-refractivity contribution in [1.29, 1.82) is 0 Å². The zero-order valence-corrected chi connectivity index (χ0v) is 19.5. The van der Waals surface area contributed by atoms with Crippen molar-refractivity contribution in [1.82, 2.24) is 15.1 Å². The van der Waals surface area contributed by atoms with Crippen LogP contribution in [-0.2, 0) is 0 Å². The maximum absolute atomic E-state index is 5.28. The van der Waals surface area contributed by atoms with E-state index < -0.39 is 0 Å². The maximum atomic E-state index is 5.28. The third-order valence-electron chi connectivity index (χ3n) is 6.02. The van der Waals surface area contributed by atoms with Gasteiger partial charge in [0.25, 0.3) is 0 Å². The Hall–Kier alpha value is -1.02. The van der Waals surface area contributed by atoms with Crippen molar-refractivity contribution in [2.24, 2.45) is 10.4 Å². The van der Waals surface area contributed by atoms with Gasteiger partial charge in [-0.15, -0.1) is 24.0 Å². The van der Waals surface area contributed by atoms with Crippen LogP contribution in [0.2, 0.25) is 0 Å². The molecule has 0 aromatic heterocycles. The summed E-state index contributed by atoms with van der Waals surface area (Å²) in [7, 11) is 5.95. The van der Waals surface area contributed by atoms with E-state index in [0.29, 0.717) is 5.41 Å². The van der Waals surface area contributed by atoms with Crippen LogP contribution in [0.25, 0.3) is 0 Å². The van der Waals surface area contributed by atoms with Gasteiger partial charge in [-0.25, -0.2) is 0 Å². The Morgan fingerprint density at radius 2 is 1.96 bits per heavy atom. The van der Waals surface area contributed by atoms with Crippen LogP contribution in [0.5, 0.6) is 5.75 Å². The lowest BCUT2D eigenvalue weighted by Crippen LogP contribution is -2.43. The number of halogens is 1. The molecule has 1 unspecified atom stereocenters. The number of ether oxygens (including phenoxy) is 1. The first-order chi connectivity index (χ1) is 12.6. The highest BCUT2D eigenvalue weighted by molar-refractivity contribution is 14.0. The molecule has 1 atom stereocenters. The Labute approximate surface area is 181 Å². The minimum Gasteiger partial charge on any atom is -0.497 e. The quantitative estimate of drug-likeness (QED) is 0.378. The topological polar surface area (TPSA) is 40.1 Å². The molecule has 1 heterocycles. The molecular formula is C21H35IN4O. The first-order valence-electron chi connectivity index (χ1n) is 9.90. The molecular weight excluding hydrogens is 451 g/mol. The third-order valence-corrected chi connectivity index (χ3v) is 6.02. The molecule has 27 heavy (non-hydrogen) atoms. The lowest BCUT2D eigenvalue weighted by molar-refractivity contribution is 0.151. The molecule has 1 aromatic rings. The number of hydrogen-bond acceptors (Lipinski definition) is 3. The molecule has 1 aliphatic heterocycles. The van der Waals surface area contributed by atoms with E-state index in [-0.39, 0.29) is 30.0 Å². The smallest absolute Gasteiger partial charge is 0.194 e. The number of methoxy groups -OCH3 is 1. The lowest BCUT2D eigenvalue weighted by atomic mass is 9.68. The molecule has 152 valence electrons. The van der Waals surface area contributed by atoms with Gasteiger partial charge in [0.1, 0.15) is 5.75 Å². The molecule has 1 saturated carbocycles. The van der Waals surface area contributed by atoms with E-state index in [9.17, 15) is 0 Å². The number of nitrogens with one attached hydrogen (secondary N) is 1. The highest BCUT2D eigenvalue weighted by atomic mass is 127. The molecule has 1 aromatic carbocycles. The summed E-state index contributed by atoms with van der Waals surface area (Å²) in [6, 6.07) is 8.61. The minimum absolute atomic E-state index is 0. The first-order valence-corrected chi connectivity index (χ1v) is 9.90. The molecule has 1 aliphatic carbocycles. The average Bonchev–Trinajstić information content (AvgIpc) is 3.07. The summed E-state index contributed by atoms with van der Waals surface area (Å²) in [6.07, 6.45) is 5.53. The molecule has 0 radical (unpaired) electrons. The fourth-order valence-electron chi connectivity index (χ4n) is 4.19. The van der Waals surface area contributed by atoms with Gasteiger partial charge < -0.3 is 19.9 Å². The Balaban J connectivity index is 0.00000261. The number of rotatable bonds is 6. The summed E-state index contributed by atoms with van der Waals surface area (Å²) in [5.41, 5.74) is 1.86. The number of likely N-dealkylation sites (N-methyl/N-ethyl adjacent to an activating group) is 1. The van der Waals surface area contributed by atoms with E-state index in [2.05, 4.69) is 48.3 Å². The van der Waals surface area contributed by atoms with Crippen LogP contribution in [-0.4, -0.2) is 63.1 Å². The predicted octanol–water partition coefficient (Wildman–Crippen LogP) is 3.76. The molecule has 6 heteroatoms. The molecule has 5 nitrogen and oxygen atoms in total. The highest BCUT2D eigenvalue weighted by Crippen LogP contribution is 2.47. The molecule has 1 spiro atoms. The van der Waals surface area contributed by atoms with Crippen LogP contribution < -0.4 is 10.1 Å². The van der Waals surface area contributed by atoms with Crippen molar-refractivity contribution < 1.29 is 4.74 Å². The van der Waals surface area contributed by atoms with Crippen molar-refractivity contribution >= 4 is 29.9 Å². The summed E-state index contributed by atoms with van der Waals surface area (Å²) < 4.78 is 5.28. The SMILES string of the molecule is CCNC(=NCC(c1ccc(OC)cc1)N(C)C)N1CCC2(CCC2)C1.I. The number of hydrogen-bond donors (Lipinski definition) is 1. The van der Waals surface area contributed by atoms with Crippen molar-refractivity contribution in [3.05, 3.63) is 29.8 Å². The van der Waals surface area contributed by atoms with Gasteiger partial charge in [-0.3, -0.25) is 4.99 Å². The van der Waals surface area contributed by atoms with Crippen LogP contribution in [0, 0.1) is 5.41 Å². The second-order valence-corrected chi connectivity index (χ2v) is 7.97. The van der Waals surface area contributed by atoms with Crippen LogP contribution in [0.1, 0.15) is 44.2 Å². The number of likely N-dealkylation sites (tertiary alicyclic amines) is 1. The second-order valence-electron chi connectivity index (χ2n) is 7.97. The van der Waals surface area contributed by atoms with E-state index in [4.69, 9.17) is 9.73 Å². The monoisotopic (exact) mass is 486 g/mol. The van der Waals surface area contributed by atoms with Gasteiger partial charge in [0.2, 0.25) is 0 Å². The zero-order chi connectivity index (χ0) is 18.6. The van der Waals surface area contributed by atoms with Crippen LogP contribution in [0.4, 0.5) is 0 Å². The van der Waals surface area contributed by atoms with Gasteiger partial charge in [0.15, 0.2) is 5.96 Å². The van der Waals surface area contributed by atoms with Crippen molar-refractivity contribution in [3.63, 3.8) is 0 Å². The standard InChI is InChI=1S/C21H34N4O.HI/c1-5-22-20(25-14-13-21(16-25)11-6-12-21)23-15-19(24(2)3)17-7-9-18(26-4)10-8-17;/h7-10,19H,5-6,11-16H2,1-4H3,(H,22,23);1H. The van der Waals surface area contributed by atoms with Gasteiger partial charge in [0, 0.05) is 19.6 Å². The van der Waals surface area contributed by atoms with Gasteiger partial charge in [-0.05, 0) is 63.4 Å². The fourth-order valence-corrected chi connectivity index (χ4v) is 4.19. The van der Waals surface area contributed by atoms with Crippen LogP contribution >= 0.6 is 24.0 Å². The van der Waals surface area contributed by atoms with E-state index >= 15 is 0 Å². The molecule has 0 amide bonds. The molecule has 2 fully saturated rings. The van der Waals surface area contributed by atoms with E-state index in [1.54, 1.807) is 7.11 Å². The minimum atomic E-state index is 0.